The highest BCUT2D eigenvalue weighted by atomic mass is 15.2. The number of nitrogens with zero attached hydrogens (tertiary/aromatic N) is 1. The Kier molecular flexibility index (Phi) is 4.48. The summed E-state index contributed by atoms with van der Waals surface area (Å²) >= 11 is 0. The molecule has 1 aliphatic carbocycles. The summed E-state index contributed by atoms with van der Waals surface area (Å²) < 4.78 is 0. The molecule has 1 saturated heterocycles. The lowest BCUT2D eigenvalue weighted by atomic mass is 9.78. The van der Waals surface area contributed by atoms with Gasteiger partial charge in [0.05, 0.1) is 0 Å². The largest absolute Gasteiger partial charge is 0.327 e. The smallest absolute Gasteiger partial charge is 0.0182 e. The molecule has 0 amide bonds. The topological polar surface area (TPSA) is 29.3 Å². The van der Waals surface area contributed by atoms with Crippen molar-refractivity contribution < 1.29 is 0 Å². The van der Waals surface area contributed by atoms with Crippen molar-refractivity contribution in [1.29, 1.82) is 0 Å². The van der Waals surface area contributed by atoms with Gasteiger partial charge in [-0.05, 0) is 64.5 Å². The van der Waals surface area contributed by atoms with Crippen LogP contribution in [0.5, 0.6) is 0 Å². The number of hydrogen-bond donors (Lipinski definition) is 1. The second-order valence-electron chi connectivity index (χ2n) is 6.62. The van der Waals surface area contributed by atoms with Gasteiger partial charge in [0.2, 0.25) is 0 Å². The minimum absolute atomic E-state index is 0.430. The number of likely N-dealkylation sites (tertiary alicyclic amines) is 1. The van der Waals surface area contributed by atoms with Crippen LogP contribution in [0.4, 0.5) is 0 Å². The van der Waals surface area contributed by atoms with Crippen LogP contribution < -0.4 is 5.73 Å². The molecule has 0 bridgehead atoms. The second kappa shape index (κ2) is 5.71. The number of nitrogens with two attached hydrogens (primary N) is 1. The van der Waals surface area contributed by atoms with E-state index in [1.165, 1.54) is 64.5 Å². The zero-order valence-electron chi connectivity index (χ0n) is 11.8. The predicted molar refractivity (Wildman–Crippen MR) is 74.1 cm³/mol. The first-order valence-corrected chi connectivity index (χ1v) is 7.62. The first kappa shape index (κ1) is 13.4. The lowest BCUT2D eigenvalue weighted by Gasteiger charge is -2.46. The van der Waals surface area contributed by atoms with Crippen LogP contribution in [0.25, 0.3) is 0 Å². The van der Waals surface area contributed by atoms with Crippen molar-refractivity contribution >= 4 is 0 Å². The van der Waals surface area contributed by atoms with Gasteiger partial charge >= 0.3 is 0 Å². The average Bonchev–Trinajstić information content (AvgIpc) is 2.35. The van der Waals surface area contributed by atoms with E-state index in [-0.39, 0.29) is 0 Å². The summed E-state index contributed by atoms with van der Waals surface area (Å²) in [7, 11) is 0. The van der Waals surface area contributed by atoms with Gasteiger partial charge in [-0.2, -0.15) is 0 Å². The van der Waals surface area contributed by atoms with Gasteiger partial charge in [0.15, 0.2) is 0 Å². The predicted octanol–water partition coefficient (Wildman–Crippen LogP) is 3.16. The third kappa shape index (κ3) is 3.23. The van der Waals surface area contributed by atoms with Crippen LogP contribution in [0.15, 0.2) is 0 Å². The maximum absolute atomic E-state index is 6.28. The molecule has 3 atom stereocenters. The molecule has 2 fully saturated rings. The number of hydrogen-bond acceptors (Lipinski definition) is 2. The molecule has 2 N–H and O–H groups in total. The van der Waals surface area contributed by atoms with E-state index in [9.17, 15) is 0 Å². The van der Waals surface area contributed by atoms with E-state index in [4.69, 9.17) is 5.73 Å². The third-order valence-electron chi connectivity index (χ3n) is 5.24. The number of piperidine rings is 1. The highest BCUT2D eigenvalue weighted by Gasteiger charge is 2.34. The Labute approximate surface area is 107 Å². The van der Waals surface area contributed by atoms with Gasteiger partial charge in [0, 0.05) is 11.6 Å². The summed E-state index contributed by atoms with van der Waals surface area (Å²) in [6.45, 7) is 7.46. The van der Waals surface area contributed by atoms with Crippen molar-refractivity contribution in [2.45, 2.75) is 76.8 Å². The van der Waals surface area contributed by atoms with E-state index in [2.05, 4.69) is 18.7 Å². The maximum Gasteiger partial charge on any atom is 0.0182 e. The van der Waals surface area contributed by atoms with Gasteiger partial charge < -0.3 is 5.73 Å². The first-order valence-electron chi connectivity index (χ1n) is 7.62. The minimum atomic E-state index is 0.430. The molecule has 1 heterocycles. The summed E-state index contributed by atoms with van der Waals surface area (Å²) in [5, 5.41) is 0. The summed E-state index contributed by atoms with van der Waals surface area (Å²) in [5.74, 6) is 0.723. The Hall–Kier alpha value is -0.0800. The molecule has 0 radical (unpaired) electrons. The Morgan fingerprint density at radius 2 is 1.71 bits per heavy atom. The van der Waals surface area contributed by atoms with E-state index in [1.54, 1.807) is 0 Å². The van der Waals surface area contributed by atoms with Crippen LogP contribution >= 0.6 is 0 Å². The standard InChI is InChI=1S/C15H30N2/c1-13-7-6-9-15(2,10-8-14(13)16)17-11-4-3-5-12-17/h13-14H,3-12,16H2,1-2H3. The van der Waals surface area contributed by atoms with Gasteiger partial charge in [-0.25, -0.2) is 0 Å². The molecule has 0 spiro atoms. The van der Waals surface area contributed by atoms with Crippen LogP contribution in [0.3, 0.4) is 0 Å². The van der Waals surface area contributed by atoms with Crippen LogP contribution in [0, 0.1) is 5.92 Å². The summed E-state index contributed by atoms with van der Waals surface area (Å²) in [5.41, 5.74) is 6.72. The molecule has 2 heteroatoms. The van der Waals surface area contributed by atoms with Gasteiger partial charge in [0.1, 0.15) is 0 Å². The monoisotopic (exact) mass is 238 g/mol. The van der Waals surface area contributed by atoms with E-state index in [0.717, 1.165) is 5.92 Å². The normalized spacial score (nSPS) is 41.8. The zero-order chi connectivity index (χ0) is 12.3. The van der Waals surface area contributed by atoms with E-state index < -0.39 is 0 Å². The third-order valence-corrected chi connectivity index (χ3v) is 5.24. The van der Waals surface area contributed by atoms with Crippen LogP contribution in [-0.2, 0) is 0 Å². The molecule has 1 saturated carbocycles. The van der Waals surface area contributed by atoms with E-state index in [1.807, 2.05) is 0 Å². The summed E-state index contributed by atoms with van der Waals surface area (Å²) in [4.78, 5) is 2.76. The molecule has 0 aromatic rings. The fourth-order valence-corrected chi connectivity index (χ4v) is 3.66. The molecule has 2 nitrogen and oxygen atoms in total. The first-order chi connectivity index (χ1) is 8.12. The molecule has 2 aliphatic rings. The van der Waals surface area contributed by atoms with Crippen molar-refractivity contribution in [2.75, 3.05) is 13.1 Å². The molecule has 3 unspecified atom stereocenters. The molecular weight excluding hydrogens is 208 g/mol. The van der Waals surface area contributed by atoms with Crippen molar-refractivity contribution in [1.82, 2.24) is 4.90 Å². The van der Waals surface area contributed by atoms with Crippen molar-refractivity contribution in [3.63, 3.8) is 0 Å². The van der Waals surface area contributed by atoms with Crippen LogP contribution in [0.1, 0.15) is 65.2 Å². The average molecular weight is 238 g/mol. The quantitative estimate of drug-likeness (QED) is 0.760. The maximum atomic E-state index is 6.28. The van der Waals surface area contributed by atoms with Gasteiger partial charge in [-0.15, -0.1) is 0 Å². The fourth-order valence-electron chi connectivity index (χ4n) is 3.66. The molecule has 100 valence electrons. The molecule has 2 rings (SSSR count). The second-order valence-corrected chi connectivity index (χ2v) is 6.62. The molecular formula is C15H30N2. The molecule has 17 heavy (non-hydrogen) atoms. The molecule has 1 aliphatic heterocycles. The summed E-state index contributed by atoms with van der Waals surface area (Å²) in [6.07, 6.45) is 10.8. The fraction of sp³-hybridized carbons (Fsp3) is 1.00. The SMILES string of the molecule is CC1CCCC(C)(N2CCCCC2)CCC1N. The number of rotatable bonds is 1. The van der Waals surface area contributed by atoms with Crippen LogP contribution in [0.2, 0.25) is 0 Å². The highest BCUT2D eigenvalue weighted by Crippen LogP contribution is 2.34. The van der Waals surface area contributed by atoms with Gasteiger partial charge in [-0.3, -0.25) is 4.90 Å². The van der Waals surface area contributed by atoms with Crippen molar-refractivity contribution in [3.05, 3.63) is 0 Å². The Morgan fingerprint density at radius 1 is 1.00 bits per heavy atom. The Morgan fingerprint density at radius 3 is 2.41 bits per heavy atom. The lowest BCUT2D eigenvalue weighted by Crippen LogP contribution is -2.50. The van der Waals surface area contributed by atoms with Gasteiger partial charge in [0.25, 0.3) is 0 Å². The highest BCUT2D eigenvalue weighted by molar-refractivity contribution is 4.91. The Balaban J connectivity index is 1.97. The van der Waals surface area contributed by atoms with E-state index in [0.29, 0.717) is 11.6 Å². The molecule has 0 aromatic carbocycles. The van der Waals surface area contributed by atoms with E-state index >= 15 is 0 Å². The zero-order valence-corrected chi connectivity index (χ0v) is 11.8. The molecule has 0 aromatic heterocycles. The minimum Gasteiger partial charge on any atom is -0.327 e. The van der Waals surface area contributed by atoms with Crippen molar-refractivity contribution in [2.24, 2.45) is 11.7 Å². The Bertz CT molecular complexity index is 235. The van der Waals surface area contributed by atoms with Crippen molar-refractivity contribution in [3.8, 4) is 0 Å². The van der Waals surface area contributed by atoms with Gasteiger partial charge in [-0.1, -0.05) is 19.8 Å². The van der Waals surface area contributed by atoms with Crippen LogP contribution in [-0.4, -0.2) is 29.6 Å². The lowest BCUT2D eigenvalue weighted by molar-refractivity contribution is 0.0514. The summed E-state index contributed by atoms with van der Waals surface area (Å²) in [6, 6.07) is 0.430.